The van der Waals surface area contributed by atoms with Gasteiger partial charge >= 0.3 is 0 Å². The van der Waals surface area contributed by atoms with E-state index in [1.54, 1.807) is 13.0 Å². The number of amides is 2. The van der Waals surface area contributed by atoms with E-state index in [2.05, 4.69) is 10.4 Å². The van der Waals surface area contributed by atoms with Crippen molar-refractivity contribution in [2.75, 3.05) is 24.3 Å². The quantitative estimate of drug-likeness (QED) is 0.588. The van der Waals surface area contributed by atoms with Crippen LogP contribution in [0.2, 0.25) is 0 Å². The second-order valence-electron chi connectivity index (χ2n) is 7.74. The molecule has 1 atom stereocenters. The first-order chi connectivity index (χ1) is 16.1. The van der Waals surface area contributed by atoms with Gasteiger partial charge in [-0.05, 0) is 48.4 Å². The van der Waals surface area contributed by atoms with Crippen molar-refractivity contribution < 1.29 is 19.5 Å². The minimum absolute atomic E-state index is 0.00880. The fourth-order valence-electron chi connectivity index (χ4n) is 3.04. The predicted octanol–water partition coefficient (Wildman–Crippen LogP) is 2.41. The van der Waals surface area contributed by atoms with Gasteiger partial charge in [0.1, 0.15) is 5.25 Å². The molecule has 1 fully saturated rings. The topological polar surface area (TPSA) is 129 Å². The maximum atomic E-state index is 12.6. The van der Waals surface area contributed by atoms with Crippen LogP contribution in [0.3, 0.4) is 0 Å². The molecule has 2 aromatic rings. The number of nitrogens with one attached hydrogen (secondary N) is 2. The minimum Gasteiger partial charge on any atom is -0.545 e. The lowest BCUT2D eigenvalue weighted by Gasteiger charge is -2.27. The van der Waals surface area contributed by atoms with Crippen LogP contribution in [0.1, 0.15) is 29.3 Å². The fourth-order valence-corrected chi connectivity index (χ4v) is 3.94. The van der Waals surface area contributed by atoms with Gasteiger partial charge in [-0.25, -0.2) is 0 Å². The van der Waals surface area contributed by atoms with E-state index in [0.717, 1.165) is 28.0 Å². The number of carbonyl (C=O) groups is 3. The van der Waals surface area contributed by atoms with Crippen molar-refractivity contribution in [2.45, 2.75) is 18.6 Å². The number of carbonyl (C=O) groups excluding carboxylic acids is 3. The highest BCUT2D eigenvalue weighted by atomic mass is 32.2. The zero-order valence-corrected chi connectivity index (χ0v) is 19.8. The average molecular weight is 479 g/mol. The number of carboxylic acids is 1. The van der Waals surface area contributed by atoms with E-state index in [4.69, 9.17) is 5.41 Å². The molecule has 0 spiro atoms. The Morgan fingerprint density at radius 3 is 2.38 bits per heavy atom. The van der Waals surface area contributed by atoms with E-state index in [1.807, 2.05) is 49.3 Å². The van der Waals surface area contributed by atoms with E-state index in [1.165, 1.54) is 24.3 Å². The molecular formula is C24H24N5O4S-. The number of thioether (sulfide) groups is 1. The Hall–Kier alpha value is -3.92. The van der Waals surface area contributed by atoms with Gasteiger partial charge in [0, 0.05) is 25.5 Å². The number of hydrogen-bond acceptors (Lipinski definition) is 8. The van der Waals surface area contributed by atoms with Crippen LogP contribution >= 0.6 is 11.8 Å². The van der Waals surface area contributed by atoms with Crippen LogP contribution in [-0.2, 0) is 9.59 Å². The first-order valence-electron chi connectivity index (χ1n) is 10.3. The molecule has 9 nitrogen and oxygen atoms in total. The maximum absolute atomic E-state index is 12.6. The van der Waals surface area contributed by atoms with Crippen molar-refractivity contribution >= 4 is 57.9 Å². The van der Waals surface area contributed by atoms with Gasteiger partial charge in [0.2, 0.25) is 5.91 Å². The number of aromatic carboxylic acids is 1. The standard InChI is InChI=1S/C24H25N5O4S/c1-15(4-5-16-6-12-19(13-7-16)28(2)3)27-29-21(30)14-20(34-24(29)25)22(31)26-18-10-8-17(9-11-18)23(32)33/h4-13,20,25H,14H2,1-3H3,(H,26,31)(H,32,33)/p-1/b5-4+,25-24?,27-15+/t20-/m1/s1. The van der Waals surface area contributed by atoms with Crippen molar-refractivity contribution in [3.05, 3.63) is 65.7 Å². The SMILES string of the molecule is CC(/C=C/c1ccc(N(C)C)cc1)=N\N1C(=N)S[C@@H](C(=O)Nc2ccc(C(=O)[O-])cc2)CC1=O. The number of carboxylic acid groups (broad SMARTS) is 1. The Bertz CT molecular complexity index is 1140. The minimum atomic E-state index is -1.31. The molecule has 1 aliphatic heterocycles. The number of rotatable bonds is 7. The number of benzene rings is 2. The maximum Gasteiger partial charge on any atom is 0.250 e. The van der Waals surface area contributed by atoms with Crippen LogP contribution in [0.4, 0.5) is 11.4 Å². The van der Waals surface area contributed by atoms with Crippen molar-refractivity contribution in [3.63, 3.8) is 0 Å². The summed E-state index contributed by atoms with van der Waals surface area (Å²) in [5.41, 5.74) is 2.96. The summed E-state index contributed by atoms with van der Waals surface area (Å²) in [6, 6.07) is 13.4. The van der Waals surface area contributed by atoms with E-state index in [-0.39, 0.29) is 17.2 Å². The molecule has 0 unspecified atom stereocenters. The van der Waals surface area contributed by atoms with Crippen LogP contribution in [0.25, 0.3) is 6.08 Å². The third kappa shape index (κ3) is 6.32. The van der Waals surface area contributed by atoms with Crippen molar-refractivity contribution in [1.29, 1.82) is 5.41 Å². The molecule has 1 heterocycles. The molecule has 2 N–H and O–H groups in total. The molecule has 1 saturated heterocycles. The van der Waals surface area contributed by atoms with Gasteiger partial charge in [0.25, 0.3) is 5.91 Å². The molecule has 2 amide bonds. The summed E-state index contributed by atoms with van der Waals surface area (Å²) >= 11 is 0.931. The molecule has 34 heavy (non-hydrogen) atoms. The summed E-state index contributed by atoms with van der Waals surface area (Å²) in [5, 5.41) is 25.9. The first kappa shape index (κ1) is 24.7. The summed E-state index contributed by atoms with van der Waals surface area (Å²) in [6.07, 6.45) is 3.50. The monoisotopic (exact) mass is 478 g/mol. The molecular weight excluding hydrogens is 454 g/mol. The number of amidine groups is 1. The lowest BCUT2D eigenvalue weighted by Crippen LogP contribution is -2.42. The second kappa shape index (κ2) is 10.8. The lowest BCUT2D eigenvalue weighted by atomic mass is 10.1. The van der Waals surface area contributed by atoms with Gasteiger partial charge < -0.3 is 20.1 Å². The molecule has 1 aliphatic rings. The molecule has 176 valence electrons. The Balaban J connectivity index is 1.60. The van der Waals surface area contributed by atoms with Crippen LogP contribution in [0, 0.1) is 5.41 Å². The number of nitrogens with zero attached hydrogens (tertiary/aromatic N) is 3. The first-order valence-corrected chi connectivity index (χ1v) is 11.2. The van der Waals surface area contributed by atoms with Crippen LogP contribution in [0.5, 0.6) is 0 Å². The molecule has 0 aliphatic carbocycles. The van der Waals surface area contributed by atoms with Gasteiger partial charge in [-0.15, -0.1) is 0 Å². The van der Waals surface area contributed by atoms with Gasteiger partial charge in [-0.3, -0.25) is 15.0 Å². The fraction of sp³-hybridized carbons (Fsp3) is 0.208. The molecule has 0 bridgehead atoms. The molecule has 10 heteroatoms. The van der Waals surface area contributed by atoms with Gasteiger partial charge in [0.05, 0.1) is 18.1 Å². The predicted molar refractivity (Wildman–Crippen MR) is 133 cm³/mol. The Morgan fingerprint density at radius 2 is 1.82 bits per heavy atom. The Kier molecular flexibility index (Phi) is 7.85. The Morgan fingerprint density at radius 1 is 1.18 bits per heavy atom. The summed E-state index contributed by atoms with van der Waals surface area (Å²) in [7, 11) is 3.93. The molecule has 0 saturated carbocycles. The van der Waals surface area contributed by atoms with E-state index < -0.39 is 23.0 Å². The number of hydrazone groups is 1. The van der Waals surface area contributed by atoms with Crippen LogP contribution in [-0.4, -0.2) is 53.0 Å². The normalized spacial score (nSPS) is 16.6. The van der Waals surface area contributed by atoms with Crippen molar-refractivity contribution in [1.82, 2.24) is 5.01 Å². The van der Waals surface area contributed by atoms with E-state index >= 15 is 0 Å². The van der Waals surface area contributed by atoms with Gasteiger partial charge in [-0.1, -0.05) is 42.1 Å². The highest BCUT2D eigenvalue weighted by Crippen LogP contribution is 2.27. The van der Waals surface area contributed by atoms with Crippen LogP contribution in [0.15, 0.2) is 59.7 Å². The molecule has 0 radical (unpaired) electrons. The van der Waals surface area contributed by atoms with Gasteiger partial charge in [-0.2, -0.15) is 10.1 Å². The number of hydrogen-bond donors (Lipinski definition) is 2. The highest BCUT2D eigenvalue weighted by molar-refractivity contribution is 8.14. The zero-order valence-electron chi connectivity index (χ0n) is 18.9. The van der Waals surface area contributed by atoms with Crippen molar-refractivity contribution in [3.8, 4) is 0 Å². The van der Waals surface area contributed by atoms with E-state index in [9.17, 15) is 19.5 Å². The lowest BCUT2D eigenvalue weighted by molar-refractivity contribution is -0.255. The number of allylic oxidation sites excluding steroid dienone is 1. The zero-order chi connectivity index (χ0) is 24.8. The van der Waals surface area contributed by atoms with Crippen LogP contribution < -0.4 is 15.3 Å². The third-order valence-electron chi connectivity index (χ3n) is 4.91. The van der Waals surface area contributed by atoms with E-state index in [0.29, 0.717) is 11.4 Å². The Labute approximate surface area is 201 Å². The summed E-state index contributed by atoms with van der Waals surface area (Å²) in [4.78, 5) is 38.0. The van der Waals surface area contributed by atoms with Gasteiger partial charge in [0.15, 0.2) is 5.17 Å². The summed E-state index contributed by atoms with van der Waals surface area (Å²) in [5.74, 6) is -2.22. The van der Waals surface area contributed by atoms with Crippen molar-refractivity contribution in [2.24, 2.45) is 5.10 Å². The average Bonchev–Trinajstić information content (AvgIpc) is 2.80. The summed E-state index contributed by atoms with van der Waals surface area (Å²) in [6.45, 7) is 1.73. The highest BCUT2D eigenvalue weighted by Gasteiger charge is 2.35. The summed E-state index contributed by atoms with van der Waals surface area (Å²) < 4.78 is 0. The third-order valence-corrected chi connectivity index (χ3v) is 5.97. The largest absolute Gasteiger partial charge is 0.545 e. The molecule has 0 aromatic heterocycles. The molecule has 3 rings (SSSR count). The second-order valence-corrected chi connectivity index (χ2v) is 8.93. The smallest absolute Gasteiger partial charge is 0.250 e. The molecule has 2 aromatic carbocycles. The number of anilines is 2.